The Morgan fingerprint density at radius 1 is 1.50 bits per heavy atom. The van der Waals surface area contributed by atoms with E-state index in [1.165, 1.54) is 6.20 Å². The molecule has 98 valence electrons. The van der Waals surface area contributed by atoms with Crippen LogP contribution in [0.5, 0.6) is 0 Å². The summed E-state index contributed by atoms with van der Waals surface area (Å²) in [7, 11) is 2.09. The molecule has 0 spiro atoms. The normalized spacial score (nSPS) is 17.7. The summed E-state index contributed by atoms with van der Waals surface area (Å²) in [5, 5.41) is 12.3. The summed E-state index contributed by atoms with van der Waals surface area (Å²) in [6.07, 6.45) is 3.36. The summed E-state index contributed by atoms with van der Waals surface area (Å²) in [5.74, 6) is 0.0189. The summed E-state index contributed by atoms with van der Waals surface area (Å²) in [4.78, 5) is 21.5. The van der Waals surface area contributed by atoms with E-state index >= 15 is 0 Å². The minimum absolute atomic E-state index is 0.138. The van der Waals surface area contributed by atoms with Crippen LogP contribution in [0.25, 0.3) is 0 Å². The first-order valence-electron chi connectivity index (χ1n) is 6.08. The molecule has 0 bridgehead atoms. The molecule has 1 fully saturated rings. The first-order chi connectivity index (χ1) is 8.56. The van der Waals surface area contributed by atoms with Crippen LogP contribution in [0.3, 0.4) is 0 Å². The molecule has 0 aromatic carbocycles. The van der Waals surface area contributed by atoms with Gasteiger partial charge in [0, 0.05) is 12.2 Å². The third-order valence-electron chi connectivity index (χ3n) is 3.20. The zero-order valence-electron chi connectivity index (χ0n) is 10.7. The van der Waals surface area contributed by atoms with Crippen LogP contribution in [-0.4, -0.2) is 52.1 Å². The molecule has 0 radical (unpaired) electrons. The number of likely N-dealkylation sites (tertiary alicyclic amines) is 1. The smallest absolute Gasteiger partial charge is 0.341 e. The number of hydrogen-bond donors (Lipinski definition) is 2. The minimum Gasteiger partial charge on any atom is -0.477 e. The maximum absolute atomic E-state index is 11.1. The Balaban J connectivity index is 2.12. The highest BCUT2D eigenvalue weighted by atomic mass is 16.4. The van der Waals surface area contributed by atoms with Gasteiger partial charge >= 0.3 is 5.97 Å². The fourth-order valence-electron chi connectivity index (χ4n) is 2.08. The molecule has 0 amide bonds. The number of carbonyl (C=O) groups is 1. The summed E-state index contributed by atoms with van der Waals surface area (Å²) >= 11 is 0. The number of carboxylic acids is 1. The summed E-state index contributed by atoms with van der Waals surface area (Å²) in [6, 6.07) is 0.286. The van der Waals surface area contributed by atoms with E-state index in [9.17, 15) is 4.79 Å². The number of aromatic nitrogens is 2. The average Bonchev–Trinajstić information content (AvgIpc) is 2.32. The molecule has 0 saturated carbocycles. The molecule has 0 atom stereocenters. The first-order valence-corrected chi connectivity index (χ1v) is 6.08. The van der Waals surface area contributed by atoms with E-state index in [-0.39, 0.29) is 11.6 Å². The van der Waals surface area contributed by atoms with Crippen molar-refractivity contribution in [3.8, 4) is 0 Å². The van der Waals surface area contributed by atoms with Gasteiger partial charge in [-0.05, 0) is 39.9 Å². The zero-order valence-corrected chi connectivity index (χ0v) is 10.7. The van der Waals surface area contributed by atoms with Gasteiger partial charge in [0.1, 0.15) is 17.2 Å². The SMILES string of the molecule is Cc1ncc(C(=O)O)c(NC2CCN(C)CC2)n1. The standard InChI is InChI=1S/C12H18N4O2/c1-8-13-7-10(12(17)18)11(14-8)15-9-3-5-16(2)6-4-9/h7,9H,3-6H2,1-2H3,(H,17,18)(H,13,14,15). The Morgan fingerprint density at radius 3 is 2.78 bits per heavy atom. The van der Waals surface area contributed by atoms with E-state index < -0.39 is 5.97 Å². The van der Waals surface area contributed by atoms with Crippen LogP contribution in [0.4, 0.5) is 5.82 Å². The Labute approximate surface area is 106 Å². The average molecular weight is 250 g/mol. The molecule has 6 heteroatoms. The highest BCUT2D eigenvalue weighted by Gasteiger charge is 2.20. The van der Waals surface area contributed by atoms with E-state index in [1.807, 2.05) is 0 Å². The molecular weight excluding hydrogens is 232 g/mol. The van der Waals surface area contributed by atoms with Crippen LogP contribution >= 0.6 is 0 Å². The largest absolute Gasteiger partial charge is 0.477 e. The second-order valence-electron chi connectivity index (χ2n) is 4.71. The van der Waals surface area contributed by atoms with Crippen LogP contribution in [-0.2, 0) is 0 Å². The molecule has 6 nitrogen and oxygen atoms in total. The van der Waals surface area contributed by atoms with Gasteiger partial charge in [0.2, 0.25) is 0 Å². The van der Waals surface area contributed by atoms with Crippen LogP contribution in [0.15, 0.2) is 6.20 Å². The van der Waals surface area contributed by atoms with Crippen LogP contribution in [0.1, 0.15) is 29.0 Å². The Morgan fingerprint density at radius 2 is 2.17 bits per heavy atom. The fourth-order valence-corrected chi connectivity index (χ4v) is 2.08. The number of aryl methyl sites for hydroxylation is 1. The Bertz CT molecular complexity index is 442. The minimum atomic E-state index is -0.995. The first kappa shape index (κ1) is 12.8. The van der Waals surface area contributed by atoms with Crippen molar-refractivity contribution >= 4 is 11.8 Å². The second kappa shape index (κ2) is 5.30. The molecule has 1 aliphatic heterocycles. The predicted molar refractivity (Wildman–Crippen MR) is 67.9 cm³/mol. The molecule has 1 aromatic heterocycles. The third kappa shape index (κ3) is 2.95. The predicted octanol–water partition coefficient (Wildman–Crippen LogP) is 0.989. The van der Waals surface area contributed by atoms with E-state index in [0.717, 1.165) is 25.9 Å². The molecule has 18 heavy (non-hydrogen) atoms. The van der Waals surface area contributed by atoms with Crippen LogP contribution in [0, 0.1) is 6.92 Å². The number of nitrogens with one attached hydrogen (secondary N) is 1. The van der Waals surface area contributed by atoms with Gasteiger partial charge in [0.25, 0.3) is 0 Å². The molecule has 1 saturated heterocycles. The Kier molecular flexibility index (Phi) is 3.76. The van der Waals surface area contributed by atoms with Gasteiger partial charge in [-0.25, -0.2) is 14.8 Å². The molecule has 2 heterocycles. The van der Waals surface area contributed by atoms with Gasteiger partial charge in [-0.2, -0.15) is 0 Å². The topological polar surface area (TPSA) is 78.3 Å². The molecule has 0 aliphatic carbocycles. The van der Waals surface area contributed by atoms with E-state index in [1.54, 1.807) is 6.92 Å². The van der Waals surface area contributed by atoms with E-state index in [0.29, 0.717) is 11.6 Å². The van der Waals surface area contributed by atoms with Crippen molar-refractivity contribution in [1.82, 2.24) is 14.9 Å². The lowest BCUT2D eigenvalue weighted by Gasteiger charge is -2.30. The number of carboxylic acid groups (broad SMARTS) is 1. The van der Waals surface area contributed by atoms with Crippen molar-refractivity contribution in [3.63, 3.8) is 0 Å². The highest BCUT2D eigenvalue weighted by molar-refractivity contribution is 5.92. The number of piperidine rings is 1. The number of rotatable bonds is 3. The van der Waals surface area contributed by atoms with Gasteiger partial charge in [0.15, 0.2) is 0 Å². The Hall–Kier alpha value is -1.69. The maximum Gasteiger partial charge on any atom is 0.341 e. The van der Waals surface area contributed by atoms with Crippen LogP contribution < -0.4 is 5.32 Å². The van der Waals surface area contributed by atoms with Gasteiger partial charge in [-0.15, -0.1) is 0 Å². The highest BCUT2D eigenvalue weighted by Crippen LogP contribution is 2.17. The van der Waals surface area contributed by atoms with Gasteiger partial charge in [0.05, 0.1) is 0 Å². The van der Waals surface area contributed by atoms with Crippen molar-refractivity contribution in [3.05, 3.63) is 17.6 Å². The van der Waals surface area contributed by atoms with Crippen LogP contribution in [0.2, 0.25) is 0 Å². The zero-order chi connectivity index (χ0) is 13.1. The van der Waals surface area contributed by atoms with Gasteiger partial charge < -0.3 is 15.3 Å². The molecular formula is C12H18N4O2. The molecule has 2 rings (SSSR count). The molecule has 1 aromatic rings. The van der Waals surface area contributed by atoms with Crippen molar-refractivity contribution in [2.75, 3.05) is 25.5 Å². The van der Waals surface area contributed by atoms with Crippen molar-refractivity contribution in [2.24, 2.45) is 0 Å². The lowest BCUT2D eigenvalue weighted by Crippen LogP contribution is -2.37. The third-order valence-corrected chi connectivity index (χ3v) is 3.20. The lowest BCUT2D eigenvalue weighted by molar-refractivity contribution is 0.0697. The van der Waals surface area contributed by atoms with E-state index in [2.05, 4.69) is 27.2 Å². The summed E-state index contributed by atoms with van der Waals surface area (Å²) < 4.78 is 0. The summed E-state index contributed by atoms with van der Waals surface area (Å²) in [6.45, 7) is 3.79. The number of anilines is 1. The second-order valence-corrected chi connectivity index (χ2v) is 4.71. The quantitative estimate of drug-likeness (QED) is 0.833. The monoisotopic (exact) mass is 250 g/mol. The van der Waals surface area contributed by atoms with Gasteiger partial charge in [-0.3, -0.25) is 0 Å². The number of nitrogens with zero attached hydrogens (tertiary/aromatic N) is 3. The molecule has 2 N–H and O–H groups in total. The molecule has 0 unspecified atom stereocenters. The number of aromatic carboxylic acids is 1. The van der Waals surface area contributed by atoms with Crippen molar-refractivity contribution in [2.45, 2.75) is 25.8 Å². The van der Waals surface area contributed by atoms with Crippen molar-refractivity contribution < 1.29 is 9.90 Å². The maximum atomic E-state index is 11.1. The lowest BCUT2D eigenvalue weighted by atomic mass is 10.1. The molecule has 1 aliphatic rings. The number of hydrogen-bond acceptors (Lipinski definition) is 5. The summed E-state index contributed by atoms with van der Waals surface area (Å²) in [5.41, 5.74) is 0.138. The van der Waals surface area contributed by atoms with Gasteiger partial charge in [-0.1, -0.05) is 0 Å². The van der Waals surface area contributed by atoms with Crippen molar-refractivity contribution in [1.29, 1.82) is 0 Å². The van der Waals surface area contributed by atoms with E-state index in [4.69, 9.17) is 5.11 Å². The fraction of sp³-hybridized carbons (Fsp3) is 0.583.